The fourth-order valence-corrected chi connectivity index (χ4v) is 6.05. The number of hydrogen-bond acceptors (Lipinski definition) is 3. The topological polar surface area (TPSA) is 49.9 Å². The van der Waals surface area contributed by atoms with Crippen LogP contribution in [-0.2, 0) is 20.5 Å². The molecule has 0 bridgehead atoms. The number of para-hydroxylation sites is 1. The molecule has 1 heterocycles. The maximum atomic E-state index is 14.6. The van der Waals surface area contributed by atoms with Crippen LogP contribution < -0.4 is 4.31 Å². The number of carbonyl (C=O) groups excluding carboxylic acids is 1. The lowest BCUT2D eigenvalue weighted by Crippen LogP contribution is -2.51. The van der Waals surface area contributed by atoms with Crippen LogP contribution in [-0.4, -0.2) is 52.2 Å². The summed E-state index contributed by atoms with van der Waals surface area (Å²) in [6.45, 7) is 4.78. The monoisotopic (exact) mass is 672 g/mol. The molecule has 0 N–H and O–H groups in total. The first-order chi connectivity index (χ1) is 20.9. The fraction of sp³-hybridized carbons (Fsp3) is 0.344. The third-order valence-corrected chi connectivity index (χ3v) is 8.81. The second kappa shape index (κ2) is 17.0. The van der Waals surface area contributed by atoms with Crippen molar-refractivity contribution in [1.29, 1.82) is 0 Å². The van der Waals surface area contributed by atoms with E-state index in [2.05, 4.69) is 6.58 Å². The minimum atomic E-state index is -4.00. The van der Waals surface area contributed by atoms with Crippen LogP contribution in [0.5, 0.6) is 0 Å². The van der Waals surface area contributed by atoms with Gasteiger partial charge >= 0.3 is 6.18 Å². The fourth-order valence-electron chi connectivity index (χ4n) is 4.28. The van der Waals surface area contributed by atoms with Crippen molar-refractivity contribution in [2.45, 2.75) is 49.8 Å². The number of carbonyl (C=O) groups is 1. The van der Waals surface area contributed by atoms with Crippen LogP contribution in [0.4, 0.5) is 23.2 Å². The van der Waals surface area contributed by atoms with Crippen LogP contribution in [0, 0.1) is 5.82 Å². The normalized spacial score (nSPS) is 18.7. The molecule has 3 aromatic rings. The van der Waals surface area contributed by atoms with E-state index in [-0.39, 0.29) is 37.2 Å². The van der Waals surface area contributed by atoms with Crippen LogP contribution in [0.15, 0.2) is 91.5 Å². The number of morpholine rings is 1. The minimum Gasteiger partial charge on any atom is -0.366 e. The molecule has 0 radical (unpaired) electrons. The zero-order chi connectivity index (χ0) is 32.3. The first-order valence-corrected chi connectivity index (χ1v) is 15.8. The number of halogens is 6. The molecule has 3 unspecified atom stereocenters. The van der Waals surface area contributed by atoms with Gasteiger partial charge in [-0.3, -0.25) is 9.10 Å². The number of amides is 1. The number of rotatable bonds is 9. The van der Waals surface area contributed by atoms with Crippen LogP contribution in [0.1, 0.15) is 37.8 Å². The molecule has 44 heavy (non-hydrogen) atoms. The Morgan fingerprint density at radius 2 is 1.57 bits per heavy atom. The van der Waals surface area contributed by atoms with E-state index in [0.717, 1.165) is 23.4 Å². The molecular formula is C32H34Cl2F4N2O3S. The van der Waals surface area contributed by atoms with Crippen molar-refractivity contribution in [1.82, 2.24) is 4.90 Å². The van der Waals surface area contributed by atoms with Crippen molar-refractivity contribution in [2.75, 3.05) is 24.0 Å². The average Bonchev–Trinajstić information content (AvgIpc) is 3.82. The number of nitrogens with zero attached hydrogens (tertiary/aromatic N) is 2. The van der Waals surface area contributed by atoms with Gasteiger partial charge in [0, 0.05) is 36.5 Å². The number of anilines is 1. The quantitative estimate of drug-likeness (QED) is 0.169. The van der Waals surface area contributed by atoms with Gasteiger partial charge in [-0.25, -0.2) is 8.60 Å². The van der Waals surface area contributed by atoms with Gasteiger partial charge in [0.15, 0.2) is 0 Å². The van der Waals surface area contributed by atoms with E-state index in [1.807, 2.05) is 42.5 Å². The third-order valence-electron chi connectivity index (χ3n) is 6.45. The van der Waals surface area contributed by atoms with E-state index in [9.17, 15) is 26.6 Å². The van der Waals surface area contributed by atoms with Crippen LogP contribution in [0.25, 0.3) is 0 Å². The molecule has 5 rings (SSSR count). The Balaban J connectivity index is 0.000000369. The molecule has 1 saturated carbocycles. The van der Waals surface area contributed by atoms with Crippen molar-refractivity contribution in [2.24, 2.45) is 0 Å². The first kappa shape index (κ1) is 35.6. The Morgan fingerprint density at radius 1 is 1.00 bits per heavy atom. The molecule has 1 saturated heterocycles. The molecule has 238 valence electrons. The number of alkyl halides is 3. The Hall–Kier alpha value is -2.92. The molecule has 1 amide bonds. The third kappa shape index (κ3) is 11.5. The van der Waals surface area contributed by atoms with Gasteiger partial charge in [-0.05, 0) is 54.8 Å². The van der Waals surface area contributed by atoms with Gasteiger partial charge < -0.3 is 9.64 Å². The molecule has 5 nitrogen and oxygen atoms in total. The van der Waals surface area contributed by atoms with E-state index in [0.29, 0.717) is 23.7 Å². The molecule has 2 fully saturated rings. The Morgan fingerprint density at radius 3 is 2.09 bits per heavy atom. The summed E-state index contributed by atoms with van der Waals surface area (Å²) in [7, 11) is -1.36. The zero-order valence-corrected chi connectivity index (χ0v) is 26.4. The van der Waals surface area contributed by atoms with Gasteiger partial charge in [0.1, 0.15) is 22.9 Å². The summed E-state index contributed by atoms with van der Waals surface area (Å²) in [4.78, 5) is 15.0. The molecule has 0 aromatic heterocycles. The summed E-state index contributed by atoms with van der Waals surface area (Å²) in [6.07, 6.45) is -0.803. The summed E-state index contributed by atoms with van der Waals surface area (Å²) in [5, 5.41) is 1.44. The van der Waals surface area contributed by atoms with E-state index in [1.54, 1.807) is 45.6 Å². The van der Waals surface area contributed by atoms with Crippen LogP contribution >= 0.6 is 23.2 Å². The highest BCUT2D eigenvalue weighted by Gasteiger charge is 2.38. The second-order valence-electron chi connectivity index (χ2n) is 10.1. The highest BCUT2D eigenvalue weighted by atomic mass is 35.5. The van der Waals surface area contributed by atoms with Crippen LogP contribution in [0.3, 0.4) is 0 Å². The maximum absolute atomic E-state index is 14.6. The van der Waals surface area contributed by atoms with E-state index < -0.39 is 29.1 Å². The molecular weight excluding hydrogens is 639 g/mol. The van der Waals surface area contributed by atoms with E-state index >= 15 is 0 Å². The Labute approximate surface area is 268 Å². The lowest BCUT2D eigenvalue weighted by Gasteiger charge is -2.40. The summed E-state index contributed by atoms with van der Waals surface area (Å²) in [5.41, 5.74) is 1.20. The zero-order valence-electron chi connectivity index (χ0n) is 24.1. The molecule has 1 aliphatic carbocycles. The minimum absolute atomic E-state index is 0.0376. The molecule has 0 spiro atoms. The summed E-state index contributed by atoms with van der Waals surface area (Å²) >= 11 is 11.6. The average molecular weight is 674 g/mol. The van der Waals surface area contributed by atoms with E-state index in [1.165, 1.54) is 6.07 Å². The number of hydrogen-bond donors (Lipinski definition) is 0. The smallest absolute Gasteiger partial charge is 0.366 e. The van der Waals surface area contributed by atoms with Gasteiger partial charge in [-0.15, -0.1) is 6.58 Å². The first-order valence-electron chi connectivity index (χ1n) is 13.9. The largest absolute Gasteiger partial charge is 0.386 e. The summed E-state index contributed by atoms with van der Waals surface area (Å²) < 4.78 is 66.1. The molecule has 3 aromatic carbocycles. The second-order valence-corrected chi connectivity index (χ2v) is 12.6. The predicted molar refractivity (Wildman–Crippen MR) is 169 cm³/mol. The highest BCUT2D eigenvalue weighted by Crippen LogP contribution is 2.33. The van der Waals surface area contributed by atoms with Crippen molar-refractivity contribution in [3.63, 3.8) is 0 Å². The Bertz CT molecular complexity index is 1370. The van der Waals surface area contributed by atoms with Gasteiger partial charge in [-0.2, -0.15) is 13.2 Å². The molecule has 12 heteroatoms. The summed E-state index contributed by atoms with van der Waals surface area (Å²) in [6, 6.07) is 22.8. The highest BCUT2D eigenvalue weighted by molar-refractivity contribution is 7.87. The van der Waals surface area contributed by atoms with Gasteiger partial charge in [0.05, 0.1) is 23.6 Å². The van der Waals surface area contributed by atoms with E-state index in [4.69, 9.17) is 27.9 Å². The van der Waals surface area contributed by atoms with Crippen molar-refractivity contribution in [3.8, 4) is 0 Å². The van der Waals surface area contributed by atoms with Crippen molar-refractivity contribution < 1.29 is 31.3 Å². The number of benzene rings is 3. The molecule has 3 atom stereocenters. The number of ether oxygens (including phenoxy) is 1. The van der Waals surface area contributed by atoms with Crippen LogP contribution in [0.2, 0.25) is 10.0 Å². The van der Waals surface area contributed by atoms with Gasteiger partial charge in [-0.1, -0.05) is 71.7 Å². The lowest BCUT2D eigenvalue weighted by atomic mass is 10.0. The standard InChI is InChI=1S/C24H26ClFN2O3S.C6H5Cl.C2H3F3/c1-2-5-23-24(29)27(22(16-31-23)17-8-10-18(25)11-9-17)14-15-28(32(30)19-12-13-19)21-7-4-3-6-20(21)26;7-6-4-2-1-3-5-6;1-2(3,4)5/h2-4,6-11,19,22-23H,1,5,12-16H2;1-5H;1H3. The van der Waals surface area contributed by atoms with Crippen molar-refractivity contribution in [3.05, 3.63) is 113 Å². The predicted octanol–water partition coefficient (Wildman–Crippen LogP) is 8.57. The van der Waals surface area contributed by atoms with Crippen molar-refractivity contribution >= 4 is 45.8 Å². The molecule has 1 aliphatic heterocycles. The molecule has 2 aliphatic rings. The maximum Gasteiger partial charge on any atom is 0.386 e. The van der Waals surface area contributed by atoms with Gasteiger partial charge in [0.2, 0.25) is 0 Å². The lowest BCUT2D eigenvalue weighted by molar-refractivity contribution is -0.159. The van der Waals surface area contributed by atoms with Gasteiger partial charge in [0.25, 0.3) is 5.91 Å². The SMILES string of the molecule is C=CCC1OCC(c2ccc(Cl)cc2)N(CCN(c2ccccc2F)S(=O)C2CC2)C1=O.CC(F)(F)F.Clc1ccccc1. The Kier molecular flexibility index (Phi) is 13.7. The summed E-state index contributed by atoms with van der Waals surface area (Å²) in [5.74, 6) is -0.574.